The fourth-order valence-electron chi connectivity index (χ4n) is 1.97. The molecule has 0 amide bonds. The van der Waals surface area contributed by atoms with E-state index in [1.165, 1.54) is 0 Å². The highest BCUT2D eigenvalue weighted by Gasteiger charge is 2.07. The molecule has 4 nitrogen and oxygen atoms in total. The molecule has 4 heteroatoms. The van der Waals surface area contributed by atoms with E-state index in [0.29, 0.717) is 11.7 Å². The normalized spacial score (nSPS) is 10.8. The van der Waals surface area contributed by atoms with Crippen molar-refractivity contribution in [1.29, 1.82) is 0 Å². The lowest BCUT2D eigenvalue weighted by molar-refractivity contribution is 0.446. The van der Waals surface area contributed by atoms with Gasteiger partial charge >= 0.3 is 0 Å². The van der Waals surface area contributed by atoms with Crippen LogP contribution in [0.1, 0.15) is 11.1 Å². The van der Waals surface area contributed by atoms with Crippen LogP contribution in [-0.4, -0.2) is 9.97 Å². The van der Waals surface area contributed by atoms with E-state index in [0.717, 1.165) is 27.9 Å². The van der Waals surface area contributed by atoms with E-state index in [4.69, 9.17) is 10.5 Å². The number of anilines is 1. The highest BCUT2D eigenvalue weighted by molar-refractivity contribution is 5.79. The van der Waals surface area contributed by atoms with Gasteiger partial charge in [-0.15, -0.1) is 0 Å². The molecule has 1 aromatic heterocycles. The summed E-state index contributed by atoms with van der Waals surface area (Å²) in [4.78, 5) is 7.50. The van der Waals surface area contributed by atoms with Gasteiger partial charge in [0.05, 0.1) is 11.0 Å². The Morgan fingerprint density at radius 1 is 1.11 bits per heavy atom. The molecule has 0 bridgehead atoms. The summed E-state index contributed by atoms with van der Waals surface area (Å²) in [5.74, 6) is 0.812. The van der Waals surface area contributed by atoms with Gasteiger partial charge in [-0.2, -0.15) is 4.98 Å². The maximum absolute atomic E-state index is 5.81. The lowest BCUT2D eigenvalue weighted by atomic mass is 10.1. The summed E-state index contributed by atoms with van der Waals surface area (Å²) in [5.41, 5.74) is 10.4. The van der Waals surface area contributed by atoms with Crippen molar-refractivity contribution >= 4 is 16.7 Å². The van der Waals surface area contributed by atoms with Crippen LogP contribution in [0.3, 0.4) is 0 Å². The monoisotopic (exact) mass is 253 g/mol. The fraction of sp³-hybridized carbons (Fsp3) is 0.133. The predicted molar refractivity (Wildman–Crippen MR) is 76.5 cm³/mol. The third kappa shape index (κ3) is 2.25. The number of nitrogens with two attached hydrogens (primary N) is 1. The number of fused-ring (bicyclic) bond motifs is 1. The molecule has 1 heterocycles. The Hall–Kier alpha value is -2.49. The van der Waals surface area contributed by atoms with Crippen LogP contribution in [0, 0.1) is 13.8 Å². The molecule has 0 atom stereocenters. The first-order chi connectivity index (χ1) is 9.11. The number of nitrogens with one attached hydrogen (secondary N) is 1. The molecule has 0 saturated heterocycles. The molecular weight excluding hydrogens is 238 g/mol. The molecule has 0 spiro atoms. The zero-order valence-corrected chi connectivity index (χ0v) is 10.9. The first-order valence-corrected chi connectivity index (χ1v) is 6.12. The third-order valence-electron chi connectivity index (χ3n) is 3.03. The van der Waals surface area contributed by atoms with E-state index in [2.05, 4.69) is 16.0 Å². The molecule has 19 heavy (non-hydrogen) atoms. The summed E-state index contributed by atoms with van der Waals surface area (Å²) >= 11 is 0. The molecule has 0 aliphatic rings. The van der Waals surface area contributed by atoms with Gasteiger partial charge in [0.1, 0.15) is 5.75 Å². The van der Waals surface area contributed by atoms with Gasteiger partial charge in [-0.25, -0.2) is 0 Å². The highest BCUT2D eigenvalue weighted by Crippen LogP contribution is 2.26. The number of hydrogen-bond donors (Lipinski definition) is 2. The molecule has 3 N–H and O–H groups in total. The topological polar surface area (TPSA) is 63.9 Å². The lowest BCUT2D eigenvalue weighted by Crippen LogP contribution is -1.89. The number of hydrogen-bond acceptors (Lipinski definition) is 3. The van der Waals surface area contributed by atoms with Gasteiger partial charge in [0.15, 0.2) is 0 Å². The number of aromatic amines is 1. The second-order valence-corrected chi connectivity index (χ2v) is 4.69. The molecule has 0 radical (unpaired) electrons. The van der Waals surface area contributed by atoms with Crippen LogP contribution in [0.15, 0.2) is 36.4 Å². The first-order valence-electron chi connectivity index (χ1n) is 6.12. The fourth-order valence-corrected chi connectivity index (χ4v) is 1.97. The Labute approximate surface area is 111 Å². The minimum Gasteiger partial charge on any atom is -0.425 e. The summed E-state index contributed by atoms with van der Waals surface area (Å²) in [5, 5.41) is 0. The Morgan fingerprint density at radius 3 is 2.79 bits per heavy atom. The van der Waals surface area contributed by atoms with E-state index in [1.54, 1.807) is 0 Å². The number of imidazole rings is 1. The van der Waals surface area contributed by atoms with Gasteiger partial charge in [-0.1, -0.05) is 12.1 Å². The van der Waals surface area contributed by atoms with Gasteiger partial charge < -0.3 is 15.5 Å². The standard InChI is InChI=1S/C15H15N3O/c1-9-3-4-10(2)14(7-9)19-15-17-12-6-5-11(16)8-13(12)18-15/h3-8H,16H2,1-2H3,(H,17,18). The average Bonchev–Trinajstić information content (AvgIpc) is 2.75. The minimum atomic E-state index is 0.481. The second kappa shape index (κ2) is 4.31. The van der Waals surface area contributed by atoms with Crippen LogP contribution in [0.25, 0.3) is 11.0 Å². The smallest absolute Gasteiger partial charge is 0.300 e. The van der Waals surface area contributed by atoms with Gasteiger partial charge in [-0.05, 0) is 49.2 Å². The van der Waals surface area contributed by atoms with E-state index in [9.17, 15) is 0 Å². The van der Waals surface area contributed by atoms with Crippen molar-refractivity contribution < 1.29 is 4.74 Å². The lowest BCUT2D eigenvalue weighted by Gasteiger charge is -2.06. The molecular formula is C15H15N3O. The average molecular weight is 253 g/mol. The second-order valence-electron chi connectivity index (χ2n) is 4.69. The highest BCUT2D eigenvalue weighted by atomic mass is 16.5. The first kappa shape index (κ1) is 11.6. The molecule has 3 aromatic rings. The summed E-state index contributed by atoms with van der Waals surface area (Å²) in [6.45, 7) is 4.04. The van der Waals surface area contributed by atoms with Gasteiger partial charge in [0, 0.05) is 5.69 Å². The maximum atomic E-state index is 5.81. The van der Waals surface area contributed by atoms with Crippen LogP contribution in [-0.2, 0) is 0 Å². The Balaban J connectivity index is 1.98. The van der Waals surface area contributed by atoms with Crippen molar-refractivity contribution in [3.63, 3.8) is 0 Å². The van der Waals surface area contributed by atoms with Gasteiger partial charge in [-0.3, -0.25) is 0 Å². The van der Waals surface area contributed by atoms with Crippen LogP contribution < -0.4 is 10.5 Å². The largest absolute Gasteiger partial charge is 0.425 e. The van der Waals surface area contributed by atoms with Crippen LogP contribution in [0.4, 0.5) is 5.69 Å². The van der Waals surface area contributed by atoms with Crippen molar-refractivity contribution in [3.8, 4) is 11.8 Å². The molecule has 96 valence electrons. The number of rotatable bonds is 2. The Morgan fingerprint density at radius 2 is 1.95 bits per heavy atom. The van der Waals surface area contributed by atoms with Crippen molar-refractivity contribution in [3.05, 3.63) is 47.5 Å². The van der Waals surface area contributed by atoms with Crippen molar-refractivity contribution in [2.24, 2.45) is 0 Å². The number of benzene rings is 2. The molecule has 0 aliphatic carbocycles. The van der Waals surface area contributed by atoms with Gasteiger partial charge in [0.2, 0.25) is 0 Å². The quantitative estimate of drug-likeness (QED) is 0.686. The van der Waals surface area contributed by atoms with E-state index >= 15 is 0 Å². The van der Waals surface area contributed by atoms with Crippen LogP contribution in [0.5, 0.6) is 11.8 Å². The Bertz CT molecular complexity index is 746. The number of ether oxygens (including phenoxy) is 1. The van der Waals surface area contributed by atoms with E-state index < -0.39 is 0 Å². The predicted octanol–water partition coefficient (Wildman–Crippen LogP) is 3.55. The molecule has 0 fully saturated rings. The zero-order valence-electron chi connectivity index (χ0n) is 10.9. The molecule has 2 aromatic carbocycles. The van der Waals surface area contributed by atoms with Crippen molar-refractivity contribution in [2.45, 2.75) is 13.8 Å². The maximum Gasteiger partial charge on any atom is 0.300 e. The number of aryl methyl sites for hydroxylation is 2. The number of aromatic nitrogens is 2. The minimum absolute atomic E-state index is 0.481. The van der Waals surface area contributed by atoms with Gasteiger partial charge in [0.25, 0.3) is 6.01 Å². The van der Waals surface area contributed by atoms with Crippen LogP contribution >= 0.6 is 0 Å². The molecule has 0 unspecified atom stereocenters. The number of H-pyrrole nitrogens is 1. The third-order valence-corrected chi connectivity index (χ3v) is 3.03. The van der Waals surface area contributed by atoms with E-state index in [1.807, 2.05) is 44.2 Å². The van der Waals surface area contributed by atoms with Crippen molar-refractivity contribution in [1.82, 2.24) is 9.97 Å². The summed E-state index contributed by atoms with van der Waals surface area (Å²) < 4.78 is 5.81. The molecule has 0 saturated carbocycles. The summed E-state index contributed by atoms with van der Waals surface area (Å²) in [6.07, 6.45) is 0. The van der Waals surface area contributed by atoms with Crippen molar-refractivity contribution in [2.75, 3.05) is 5.73 Å². The number of nitrogen functional groups attached to an aromatic ring is 1. The summed E-state index contributed by atoms with van der Waals surface area (Å²) in [6, 6.07) is 12.1. The zero-order chi connectivity index (χ0) is 13.4. The van der Waals surface area contributed by atoms with Crippen LogP contribution in [0.2, 0.25) is 0 Å². The Kier molecular flexibility index (Phi) is 2.63. The SMILES string of the molecule is Cc1ccc(C)c(Oc2nc3ccc(N)cc3[nH]2)c1. The van der Waals surface area contributed by atoms with E-state index in [-0.39, 0.29) is 0 Å². The molecule has 3 rings (SSSR count). The summed E-state index contributed by atoms with van der Waals surface area (Å²) in [7, 11) is 0. The number of nitrogens with zero attached hydrogens (tertiary/aromatic N) is 1. The molecule has 0 aliphatic heterocycles.